The maximum absolute atomic E-state index is 4.96. The molecule has 0 saturated heterocycles. The molecule has 0 saturated carbocycles. The lowest BCUT2D eigenvalue weighted by atomic mass is 10.0. The topological polar surface area (TPSA) is 59.4 Å². The minimum absolute atomic E-state index is 0.736. The third-order valence-electron chi connectivity index (χ3n) is 5.76. The lowest BCUT2D eigenvalue weighted by molar-refractivity contribution is 0.687. The normalized spacial score (nSPS) is 13.0. The molecule has 0 radical (unpaired) electrons. The van der Waals surface area contributed by atoms with Gasteiger partial charge in [-0.1, -0.05) is 54.6 Å². The van der Waals surface area contributed by atoms with Gasteiger partial charge in [-0.05, 0) is 25.3 Å². The van der Waals surface area contributed by atoms with Crippen LogP contribution in [0.2, 0.25) is 0 Å². The van der Waals surface area contributed by atoms with Crippen molar-refractivity contribution in [2.75, 3.05) is 0 Å². The fourth-order valence-corrected chi connectivity index (χ4v) is 4.47. The van der Waals surface area contributed by atoms with Crippen LogP contribution in [0.15, 0.2) is 54.6 Å². The molecule has 0 unspecified atom stereocenters. The number of fused-ring (bicyclic) bond motifs is 4. The number of rotatable bonds is 2. The van der Waals surface area contributed by atoms with Crippen molar-refractivity contribution in [3.05, 3.63) is 65.9 Å². The van der Waals surface area contributed by atoms with Crippen molar-refractivity contribution in [3.8, 4) is 22.5 Å². The molecule has 0 amide bonds. The Hall–Kier alpha value is -3.47. The van der Waals surface area contributed by atoms with Gasteiger partial charge in [0.25, 0.3) is 0 Å². The molecule has 2 aromatic carbocycles. The van der Waals surface area contributed by atoms with Crippen molar-refractivity contribution in [1.29, 1.82) is 0 Å². The number of hydrogen-bond acceptors (Lipinski definition) is 3. The number of aromatic amines is 1. The van der Waals surface area contributed by atoms with E-state index in [0.717, 1.165) is 58.6 Å². The molecular formula is C23H19N5. The summed E-state index contributed by atoms with van der Waals surface area (Å²) in [6, 6.07) is 18.9. The first kappa shape index (κ1) is 15.6. The second-order valence-electron chi connectivity index (χ2n) is 7.28. The molecule has 3 aromatic heterocycles. The molecule has 0 bridgehead atoms. The highest BCUT2D eigenvalue weighted by atomic mass is 15.3. The molecule has 136 valence electrons. The summed E-state index contributed by atoms with van der Waals surface area (Å²) in [5, 5.41) is 14.9. The summed E-state index contributed by atoms with van der Waals surface area (Å²) in [5.74, 6) is 0. The molecule has 6 rings (SSSR count). The number of aryl methyl sites for hydroxylation is 3. The zero-order valence-electron chi connectivity index (χ0n) is 15.6. The number of nitrogens with zero attached hydrogens (tertiary/aromatic N) is 4. The van der Waals surface area contributed by atoms with Gasteiger partial charge in [-0.15, -0.1) is 10.2 Å². The molecule has 0 fully saturated rings. The van der Waals surface area contributed by atoms with E-state index in [9.17, 15) is 0 Å². The van der Waals surface area contributed by atoms with Crippen molar-refractivity contribution in [3.63, 3.8) is 0 Å². The van der Waals surface area contributed by atoms with Crippen LogP contribution in [-0.4, -0.2) is 25.0 Å². The van der Waals surface area contributed by atoms with E-state index in [1.807, 2.05) is 18.2 Å². The first-order valence-corrected chi connectivity index (χ1v) is 9.76. The maximum Gasteiger partial charge on any atom is 0.186 e. The molecule has 0 spiro atoms. The molecule has 1 N–H and O–H groups in total. The highest BCUT2D eigenvalue weighted by molar-refractivity contribution is 6.14. The Morgan fingerprint density at radius 2 is 1.75 bits per heavy atom. The van der Waals surface area contributed by atoms with Gasteiger partial charge in [0.05, 0.1) is 22.3 Å². The van der Waals surface area contributed by atoms with Crippen molar-refractivity contribution >= 4 is 21.9 Å². The van der Waals surface area contributed by atoms with Gasteiger partial charge in [-0.25, -0.2) is 4.98 Å². The first-order chi connectivity index (χ1) is 13.8. The third-order valence-corrected chi connectivity index (χ3v) is 5.76. The van der Waals surface area contributed by atoms with Gasteiger partial charge < -0.3 is 0 Å². The van der Waals surface area contributed by atoms with Gasteiger partial charge in [0.2, 0.25) is 0 Å². The van der Waals surface area contributed by atoms with Gasteiger partial charge in [-0.3, -0.25) is 9.78 Å². The van der Waals surface area contributed by atoms with E-state index in [1.54, 1.807) is 0 Å². The summed E-state index contributed by atoms with van der Waals surface area (Å²) >= 11 is 0. The Bertz CT molecular complexity index is 1340. The standard InChI is InChI=1S/C23H19N5/c1-2-28-22-18-17(13-12-14-8-6-7-11-16(14)21(18)27-28)24-23-19(22)20(25-26-23)15-9-4-3-5-10-15/h3-11,27H,2,12-13H2,1H3. The molecular weight excluding hydrogens is 346 g/mol. The van der Waals surface area contributed by atoms with Gasteiger partial charge in [0.15, 0.2) is 5.65 Å². The summed E-state index contributed by atoms with van der Waals surface area (Å²) in [4.78, 5) is 4.96. The fourth-order valence-electron chi connectivity index (χ4n) is 4.47. The number of hydrogen-bond donors (Lipinski definition) is 1. The van der Waals surface area contributed by atoms with Gasteiger partial charge >= 0.3 is 0 Å². The zero-order chi connectivity index (χ0) is 18.7. The average Bonchev–Trinajstić information content (AvgIpc) is 3.30. The van der Waals surface area contributed by atoms with Crippen LogP contribution >= 0.6 is 0 Å². The SMILES string of the molecule is CCn1[nH]c2c3c(nc4nnc(-c5ccccc5)c4c31)CCc1ccccc1-2. The van der Waals surface area contributed by atoms with Crippen molar-refractivity contribution in [1.82, 2.24) is 25.0 Å². The van der Waals surface area contributed by atoms with E-state index in [0.29, 0.717) is 0 Å². The number of H-pyrrole nitrogens is 1. The van der Waals surface area contributed by atoms with Crippen LogP contribution in [0.5, 0.6) is 0 Å². The molecule has 28 heavy (non-hydrogen) atoms. The number of aromatic nitrogens is 5. The van der Waals surface area contributed by atoms with Crippen LogP contribution in [0.1, 0.15) is 18.2 Å². The third kappa shape index (κ3) is 2.04. The van der Waals surface area contributed by atoms with Crippen LogP contribution in [-0.2, 0) is 19.4 Å². The molecule has 1 aliphatic carbocycles. The minimum atomic E-state index is 0.736. The van der Waals surface area contributed by atoms with Crippen molar-refractivity contribution < 1.29 is 0 Å². The van der Waals surface area contributed by atoms with Crippen LogP contribution in [0, 0.1) is 0 Å². The predicted molar refractivity (Wildman–Crippen MR) is 111 cm³/mol. The average molecular weight is 365 g/mol. The lowest BCUT2D eigenvalue weighted by Crippen LogP contribution is -2.00. The summed E-state index contributed by atoms with van der Waals surface area (Å²) in [6.07, 6.45) is 1.89. The molecule has 0 aliphatic heterocycles. The molecule has 5 heteroatoms. The summed E-state index contributed by atoms with van der Waals surface area (Å²) in [6.45, 7) is 3.01. The summed E-state index contributed by atoms with van der Waals surface area (Å²) in [5.41, 5.74) is 8.78. The monoisotopic (exact) mass is 365 g/mol. The van der Waals surface area contributed by atoms with Gasteiger partial charge in [0.1, 0.15) is 5.69 Å². The number of nitrogens with one attached hydrogen (secondary N) is 1. The molecule has 5 aromatic rings. The van der Waals surface area contributed by atoms with E-state index in [-0.39, 0.29) is 0 Å². The highest BCUT2D eigenvalue weighted by Crippen LogP contribution is 2.40. The van der Waals surface area contributed by atoms with Crippen LogP contribution in [0.3, 0.4) is 0 Å². The molecule has 5 nitrogen and oxygen atoms in total. The van der Waals surface area contributed by atoms with Gasteiger partial charge in [-0.2, -0.15) is 0 Å². The quantitative estimate of drug-likeness (QED) is 0.491. The molecule has 1 aliphatic rings. The predicted octanol–water partition coefficient (Wildman–Crippen LogP) is 4.76. The van der Waals surface area contributed by atoms with Crippen LogP contribution in [0.4, 0.5) is 0 Å². The van der Waals surface area contributed by atoms with Crippen LogP contribution in [0.25, 0.3) is 44.5 Å². The van der Waals surface area contributed by atoms with E-state index >= 15 is 0 Å². The maximum atomic E-state index is 4.96. The van der Waals surface area contributed by atoms with Crippen LogP contribution < -0.4 is 0 Å². The Morgan fingerprint density at radius 3 is 2.61 bits per heavy atom. The second kappa shape index (κ2) is 5.76. The minimum Gasteiger partial charge on any atom is -0.297 e. The Morgan fingerprint density at radius 1 is 0.929 bits per heavy atom. The van der Waals surface area contributed by atoms with E-state index in [1.165, 1.54) is 16.5 Å². The largest absolute Gasteiger partial charge is 0.297 e. The summed E-state index contributed by atoms with van der Waals surface area (Å²) in [7, 11) is 0. The number of benzene rings is 2. The fraction of sp³-hybridized carbons (Fsp3) is 0.174. The zero-order valence-corrected chi connectivity index (χ0v) is 15.6. The lowest BCUT2D eigenvalue weighted by Gasteiger charge is -2.07. The number of pyridine rings is 1. The van der Waals surface area contributed by atoms with Crippen molar-refractivity contribution in [2.45, 2.75) is 26.3 Å². The molecule has 0 atom stereocenters. The smallest absolute Gasteiger partial charge is 0.186 e. The van der Waals surface area contributed by atoms with Gasteiger partial charge in [0, 0.05) is 23.1 Å². The summed E-state index contributed by atoms with van der Waals surface area (Å²) < 4.78 is 2.22. The highest BCUT2D eigenvalue weighted by Gasteiger charge is 2.25. The van der Waals surface area contributed by atoms with E-state index < -0.39 is 0 Å². The first-order valence-electron chi connectivity index (χ1n) is 9.76. The Labute approximate surface area is 162 Å². The molecule has 3 heterocycles. The van der Waals surface area contributed by atoms with E-state index in [4.69, 9.17) is 4.98 Å². The second-order valence-corrected chi connectivity index (χ2v) is 7.28. The Kier molecular flexibility index (Phi) is 3.20. The Balaban J connectivity index is 1.78. The van der Waals surface area contributed by atoms with E-state index in [2.05, 4.69) is 63.3 Å². The van der Waals surface area contributed by atoms with Crippen molar-refractivity contribution in [2.24, 2.45) is 0 Å².